The van der Waals surface area contributed by atoms with Crippen molar-refractivity contribution < 1.29 is 4.74 Å². The molecule has 2 aliphatic rings. The van der Waals surface area contributed by atoms with Crippen LogP contribution in [0.1, 0.15) is 36.1 Å². The predicted molar refractivity (Wildman–Crippen MR) is 96.8 cm³/mol. The zero-order valence-corrected chi connectivity index (χ0v) is 15.0. The van der Waals surface area contributed by atoms with E-state index in [-0.39, 0.29) is 5.41 Å². The molecular weight excluding hydrogens is 327 g/mol. The van der Waals surface area contributed by atoms with E-state index in [0.29, 0.717) is 10.0 Å². The van der Waals surface area contributed by atoms with Crippen molar-refractivity contribution in [1.82, 2.24) is 0 Å². The summed E-state index contributed by atoms with van der Waals surface area (Å²) >= 11 is 12.5. The summed E-state index contributed by atoms with van der Waals surface area (Å²) in [5.74, 6) is 0.919. The van der Waals surface area contributed by atoms with E-state index in [0.717, 1.165) is 18.6 Å². The highest BCUT2D eigenvalue weighted by Gasteiger charge is 2.39. The Labute approximate surface area is 146 Å². The first kappa shape index (κ1) is 15.1. The maximum atomic E-state index is 6.26. The van der Waals surface area contributed by atoms with Crippen molar-refractivity contribution in [2.75, 3.05) is 7.11 Å². The largest absolute Gasteiger partial charge is 0.497 e. The van der Waals surface area contributed by atoms with Gasteiger partial charge in [-0.25, -0.2) is 0 Å². The molecule has 0 N–H and O–H groups in total. The minimum atomic E-state index is -0.0184. The highest BCUT2D eigenvalue weighted by atomic mass is 35.5. The van der Waals surface area contributed by atoms with Crippen LogP contribution >= 0.6 is 23.2 Å². The first-order valence-electron chi connectivity index (χ1n) is 7.80. The van der Waals surface area contributed by atoms with Crippen LogP contribution in [0.15, 0.2) is 35.9 Å². The lowest BCUT2D eigenvalue weighted by Crippen LogP contribution is -2.26. The second-order valence-electron chi connectivity index (χ2n) is 6.88. The van der Waals surface area contributed by atoms with Gasteiger partial charge >= 0.3 is 0 Å². The summed E-state index contributed by atoms with van der Waals surface area (Å²) in [6.07, 6.45) is 1.90. The molecule has 0 bridgehead atoms. The summed E-state index contributed by atoms with van der Waals surface area (Å²) < 4.78 is 5.43. The average Bonchev–Trinajstić information content (AvgIpc) is 2.87. The molecule has 1 nitrogen and oxygen atoms in total. The maximum Gasteiger partial charge on any atom is 0.119 e. The molecule has 0 saturated heterocycles. The standard InChI is InChI=1S/C20H18Cl2O/c1-20(2)16-9-13(23-3)5-4-11(16)6-15-14-10-19(22)18(21)8-12(14)7-17(15)20/h4-5,8-10H,6-7H2,1-3H3. The Morgan fingerprint density at radius 2 is 1.70 bits per heavy atom. The van der Waals surface area contributed by atoms with Gasteiger partial charge in [0, 0.05) is 5.41 Å². The average molecular weight is 345 g/mol. The van der Waals surface area contributed by atoms with Crippen LogP contribution in [0.5, 0.6) is 5.75 Å². The third kappa shape index (κ3) is 2.14. The van der Waals surface area contributed by atoms with E-state index >= 15 is 0 Å². The topological polar surface area (TPSA) is 9.23 Å². The van der Waals surface area contributed by atoms with Gasteiger partial charge in [0.15, 0.2) is 0 Å². The van der Waals surface area contributed by atoms with Gasteiger partial charge in [-0.1, -0.05) is 48.7 Å². The van der Waals surface area contributed by atoms with Crippen LogP contribution in [0.4, 0.5) is 0 Å². The minimum Gasteiger partial charge on any atom is -0.497 e. The second kappa shape index (κ2) is 5.03. The van der Waals surface area contributed by atoms with Gasteiger partial charge in [-0.2, -0.15) is 0 Å². The Morgan fingerprint density at radius 3 is 2.43 bits per heavy atom. The molecule has 0 fully saturated rings. The Balaban J connectivity index is 1.89. The van der Waals surface area contributed by atoms with E-state index in [4.69, 9.17) is 27.9 Å². The molecule has 0 unspecified atom stereocenters. The first-order chi connectivity index (χ1) is 10.9. The van der Waals surface area contributed by atoms with E-state index in [2.05, 4.69) is 26.0 Å². The van der Waals surface area contributed by atoms with Crippen molar-refractivity contribution in [2.24, 2.45) is 0 Å². The van der Waals surface area contributed by atoms with Crippen molar-refractivity contribution in [3.8, 4) is 5.75 Å². The molecule has 0 aliphatic heterocycles. The number of halogens is 2. The van der Waals surface area contributed by atoms with Gasteiger partial charge in [0.2, 0.25) is 0 Å². The summed E-state index contributed by atoms with van der Waals surface area (Å²) in [7, 11) is 1.72. The number of benzene rings is 2. The zero-order valence-electron chi connectivity index (χ0n) is 13.5. The van der Waals surface area contributed by atoms with Crippen LogP contribution < -0.4 is 4.74 Å². The molecule has 0 amide bonds. The molecule has 0 saturated carbocycles. The molecule has 0 spiro atoms. The van der Waals surface area contributed by atoms with Crippen molar-refractivity contribution in [2.45, 2.75) is 32.1 Å². The van der Waals surface area contributed by atoms with Crippen molar-refractivity contribution >= 4 is 28.8 Å². The van der Waals surface area contributed by atoms with E-state index in [1.165, 1.54) is 33.4 Å². The molecular formula is C20H18Cl2O. The zero-order chi connectivity index (χ0) is 16.4. The monoisotopic (exact) mass is 344 g/mol. The van der Waals surface area contributed by atoms with Gasteiger partial charge in [0.05, 0.1) is 17.2 Å². The van der Waals surface area contributed by atoms with Gasteiger partial charge in [-0.05, 0) is 64.9 Å². The summed E-state index contributed by atoms with van der Waals surface area (Å²) in [6.45, 7) is 4.60. The minimum absolute atomic E-state index is 0.0184. The maximum absolute atomic E-state index is 6.26. The van der Waals surface area contributed by atoms with Crippen molar-refractivity contribution in [1.29, 1.82) is 0 Å². The molecule has 0 atom stereocenters. The predicted octanol–water partition coefficient (Wildman–Crippen LogP) is 5.85. The SMILES string of the molecule is COc1ccc2c(c1)C(C)(C)C1=C(C2)c2cc(Cl)c(Cl)cc2C1. The van der Waals surface area contributed by atoms with Gasteiger partial charge in [-0.3, -0.25) is 0 Å². The van der Waals surface area contributed by atoms with Crippen molar-refractivity contribution in [3.05, 3.63) is 68.2 Å². The molecule has 0 radical (unpaired) electrons. The summed E-state index contributed by atoms with van der Waals surface area (Å²) in [4.78, 5) is 0. The Bertz CT molecular complexity index is 862. The van der Waals surface area contributed by atoms with Gasteiger partial charge in [0.25, 0.3) is 0 Å². The molecule has 23 heavy (non-hydrogen) atoms. The molecule has 4 rings (SSSR count). The highest BCUT2D eigenvalue weighted by Crippen LogP contribution is 2.51. The van der Waals surface area contributed by atoms with Crippen LogP contribution in [0.25, 0.3) is 5.57 Å². The number of methoxy groups -OCH3 is 1. The molecule has 3 heteroatoms. The van der Waals surface area contributed by atoms with E-state index in [9.17, 15) is 0 Å². The Kier molecular flexibility index (Phi) is 3.30. The smallest absolute Gasteiger partial charge is 0.119 e. The van der Waals surface area contributed by atoms with Crippen LogP contribution in [-0.4, -0.2) is 7.11 Å². The molecule has 2 aromatic carbocycles. The lowest BCUT2D eigenvalue weighted by Gasteiger charge is -2.35. The number of hydrogen-bond acceptors (Lipinski definition) is 1. The third-order valence-electron chi connectivity index (χ3n) is 5.31. The quantitative estimate of drug-likeness (QED) is 0.630. The molecule has 118 valence electrons. The second-order valence-corrected chi connectivity index (χ2v) is 7.70. The van der Waals surface area contributed by atoms with E-state index < -0.39 is 0 Å². The lowest BCUT2D eigenvalue weighted by molar-refractivity contribution is 0.412. The van der Waals surface area contributed by atoms with E-state index in [1.54, 1.807) is 7.11 Å². The lowest BCUT2D eigenvalue weighted by atomic mass is 9.69. The summed E-state index contributed by atoms with van der Waals surface area (Å²) in [5.41, 5.74) is 8.16. The van der Waals surface area contributed by atoms with Gasteiger partial charge in [-0.15, -0.1) is 0 Å². The number of allylic oxidation sites excluding steroid dienone is 2. The normalized spacial score (nSPS) is 17.6. The fourth-order valence-corrected chi connectivity index (χ4v) is 4.40. The number of ether oxygens (including phenoxy) is 1. The van der Waals surface area contributed by atoms with Crippen LogP contribution in [0.3, 0.4) is 0 Å². The van der Waals surface area contributed by atoms with E-state index in [1.807, 2.05) is 18.2 Å². The van der Waals surface area contributed by atoms with Gasteiger partial charge in [0.1, 0.15) is 5.75 Å². The first-order valence-corrected chi connectivity index (χ1v) is 8.55. The highest BCUT2D eigenvalue weighted by molar-refractivity contribution is 6.42. The summed E-state index contributed by atoms with van der Waals surface area (Å²) in [5, 5.41) is 1.28. The number of hydrogen-bond donors (Lipinski definition) is 0. The third-order valence-corrected chi connectivity index (χ3v) is 6.04. The molecule has 0 aromatic heterocycles. The number of fused-ring (bicyclic) bond motifs is 3. The molecule has 2 aliphatic carbocycles. The fourth-order valence-electron chi connectivity index (χ4n) is 4.05. The van der Waals surface area contributed by atoms with Crippen LogP contribution in [0, 0.1) is 0 Å². The number of rotatable bonds is 1. The van der Waals surface area contributed by atoms with Crippen molar-refractivity contribution in [3.63, 3.8) is 0 Å². The Hall–Kier alpha value is -1.44. The van der Waals surface area contributed by atoms with Crippen LogP contribution in [0.2, 0.25) is 10.0 Å². The van der Waals surface area contributed by atoms with Crippen LogP contribution in [-0.2, 0) is 18.3 Å². The van der Waals surface area contributed by atoms with Gasteiger partial charge < -0.3 is 4.74 Å². The molecule has 2 aromatic rings. The molecule has 0 heterocycles. The Morgan fingerprint density at radius 1 is 0.957 bits per heavy atom. The fraction of sp³-hybridized carbons (Fsp3) is 0.300. The summed E-state index contributed by atoms with van der Waals surface area (Å²) in [6, 6.07) is 10.5.